The maximum atomic E-state index is 11.9. The Labute approximate surface area is 195 Å². The van der Waals surface area contributed by atoms with Gasteiger partial charge in [-0.1, -0.05) is 80.1 Å². The van der Waals surface area contributed by atoms with Crippen LogP contribution in [0.15, 0.2) is 78.9 Å². The Morgan fingerprint density at radius 3 is 2.39 bits per heavy atom. The number of nitrogens with two attached hydrogens (primary N) is 1. The van der Waals surface area contributed by atoms with Gasteiger partial charge >= 0.3 is 6.03 Å². The molecule has 3 N–H and O–H groups in total. The number of rotatable bonds is 7. The van der Waals surface area contributed by atoms with Gasteiger partial charge in [-0.05, 0) is 36.2 Å². The van der Waals surface area contributed by atoms with E-state index in [0.29, 0.717) is 18.6 Å². The number of hydrogen-bond donors (Lipinski definition) is 2. The third kappa shape index (κ3) is 6.43. The number of hydrogen-bond acceptors (Lipinski definition) is 4. The van der Waals surface area contributed by atoms with Gasteiger partial charge in [0.25, 0.3) is 6.47 Å². The highest BCUT2D eigenvalue weighted by Crippen LogP contribution is 2.40. The Morgan fingerprint density at radius 1 is 1.03 bits per heavy atom. The van der Waals surface area contributed by atoms with E-state index in [1.54, 1.807) is 6.07 Å². The molecule has 33 heavy (non-hydrogen) atoms. The molecular formula is C27H31N3O3. The number of urea groups is 1. The Hall–Kier alpha value is -3.64. The van der Waals surface area contributed by atoms with Crippen LogP contribution in [0.25, 0.3) is 0 Å². The van der Waals surface area contributed by atoms with Crippen LogP contribution < -0.4 is 16.0 Å². The summed E-state index contributed by atoms with van der Waals surface area (Å²) in [7, 11) is 0. The Balaban J connectivity index is 0.000000218. The molecule has 172 valence electrons. The minimum absolute atomic E-state index is 0.435. The maximum absolute atomic E-state index is 11.9. The van der Waals surface area contributed by atoms with Gasteiger partial charge in [-0.3, -0.25) is 9.69 Å². The van der Waals surface area contributed by atoms with E-state index in [-0.39, 0.29) is 0 Å². The molecule has 0 bridgehead atoms. The van der Waals surface area contributed by atoms with Gasteiger partial charge < -0.3 is 15.8 Å². The second kappa shape index (κ2) is 12.4. The first kappa shape index (κ1) is 24.0. The van der Waals surface area contributed by atoms with Crippen LogP contribution in [0.3, 0.4) is 0 Å². The molecule has 1 aliphatic rings. The predicted molar refractivity (Wildman–Crippen MR) is 131 cm³/mol. The van der Waals surface area contributed by atoms with Crippen LogP contribution >= 0.6 is 0 Å². The summed E-state index contributed by atoms with van der Waals surface area (Å²) in [5.41, 5.74) is 9.95. The third-order valence-corrected chi connectivity index (χ3v) is 5.48. The monoisotopic (exact) mass is 445 g/mol. The minimum atomic E-state index is -0.568. The Morgan fingerprint density at radius 2 is 1.70 bits per heavy atom. The van der Waals surface area contributed by atoms with Crippen LogP contribution in [0.2, 0.25) is 0 Å². The summed E-state index contributed by atoms with van der Waals surface area (Å²) in [5.74, 6) is 0. The van der Waals surface area contributed by atoms with Crippen LogP contribution in [0.5, 0.6) is 0 Å². The lowest BCUT2D eigenvalue weighted by atomic mass is 10.0. The number of carbonyl (C=O) groups excluding carboxylic acids is 2. The number of anilines is 2. The SMILES string of the molecule is CCCCNCc1ccccc1.NC(=O)N1c2ccccc2C[C@H](OC=O)c2ccccc21. The molecule has 0 saturated heterocycles. The summed E-state index contributed by atoms with van der Waals surface area (Å²) < 4.78 is 5.21. The molecule has 3 aromatic rings. The van der Waals surface area contributed by atoms with E-state index in [1.165, 1.54) is 23.3 Å². The number of ether oxygens (including phenoxy) is 1. The fraction of sp³-hybridized carbons (Fsp3) is 0.259. The van der Waals surface area contributed by atoms with Crippen molar-refractivity contribution in [2.24, 2.45) is 5.73 Å². The molecule has 0 fully saturated rings. The first-order valence-corrected chi connectivity index (χ1v) is 11.3. The number of para-hydroxylation sites is 2. The number of carbonyl (C=O) groups is 2. The van der Waals surface area contributed by atoms with Crippen molar-refractivity contribution in [3.8, 4) is 0 Å². The normalized spacial score (nSPS) is 14.1. The molecule has 0 radical (unpaired) electrons. The van der Waals surface area contributed by atoms with Gasteiger partial charge in [0.05, 0.1) is 11.4 Å². The highest BCUT2D eigenvalue weighted by molar-refractivity contribution is 6.00. The molecule has 6 heteroatoms. The zero-order chi connectivity index (χ0) is 23.5. The van der Waals surface area contributed by atoms with E-state index < -0.39 is 12.1 Å². The number of fused-ring (bicyclic) bond motifs is 2. The number of primary amides is 1. The standard InChI is InChI=1S/C16H14N2O3.C11H17N/c17-16(20)18-13-7-3-1-5-11(13)9-15(21-10-19)12-6-2-4-8-14(12)18;1-2-3-9-12-10-11-7-5-4-6-8-11/h1-8,10,15H,9H2,(H2,17,20);4-8,12H,2-3,9-10H2,1H3/t15-;/m0./s1. The van der Waals surface area contributed by atoms with E-state index in [2.05, 4.69) is 42.6 Å². The van der Waals surface area contributed by atoms with E-state index in [0.717, 1.165) is 29.9 Å². The number of benzene rings is 3. The van der Waals surface area contributed by atoms with Gasteiger partial charge in [0.2, 0.25) is 0 Å². The molecule has 0 unspecified atom stereocenters. The highest BCUT2D eigenvalue weighted by Gasteiger charge is 2.29. The van der Waals surface area contributed by atoms with Gasteiger partial charge in [0.15, 0.2) is 0 Å². The van der Waals surface area contributed by atoms with Crippen LogP contribution in [-0.2, 0) is 22.5 Å². The van der Waals surface area contributed by atoms with Crippen LogP contribution in [0, 0.1) is 0 Å². The third-order valence-electron chi connectivity index (χ3n) is 5.48. The van der Waals surface area contributed by atoms with Crippen molar-refractivity contribution in [2.75, 3.05) is 11.4 Å². The molecule has 1 aliphatic heterocycles. The lowest BCUT2D eigenvalue weighted by Gasteiger charge is -2.23. The summed E-state index contributed by atoms with van der Waals surface area (Å²) in [5, 5.41) is 3.40. The zero-order valence-electron chi connectivity index (χ0n) is 18.9. The van der Waals surface area contributed by atoms with Crippen LogP contribution in [0.1, 0.15) is 42.6 Å². The summed E-state index contributed by atoms with van der Waals surface area (Å²) in [6, 6.07) is 24.7. The van der Waals surface area contributed by atoms with Crippen LogP contribution in [0.4, 0.5) is 16.2 Å². The lowest BCUT2D eigenvalue weighted by molar-refractivity contribution is -0.133. The Kier molecular flexibility index (Phi) is 9.03. The van der Waals surface area contributed by atoms with Gasteiger partial charge in [0.1, 0.15) is 6.10 Å². The molecule has 6 nitrogen and oxygen atoms in total. The molecule has 0 saturated carbocycles. The maximum Gasteiger partial charge on any atom is 0.323 e. The number of unbranched alkanes of at least 4 members (excludes halogenated alkanes) is 1. The highest BCUT2D eigenvalue weighted by atomic mass is 16.5. The van der Waals surface area contributed by atoms with Gasteiger partial charge in [-0.25, -0.2) is 4.79 Å². The molecule has 1 heterocycles. The molecular weight excluding hydrogens is 414 g/mol. The first-order valence-electron chi connectivity index (χ1n) is 11.3. The average molecular weight is 446 g/mol. The molecule has 4 rings (SSSR count). The van der Waals surface area contributed by atoms with Crippen molar-refractivity contribution in [3.63, 3.8) is 0 Å². The van der Waals surface area contributed by atoms with E-state index in [9.17, 15) is 9.59 Å². The summed E-state index contributed by atoms with van der Waals surface area (Å²) in [4.78, 5) is 24.2. The quantitative estimate of drug-likeness (QED) is 0.384. The molecule has 1 atom stereocenters. The number of nitrogens with one attached hydrogen (secondary N) is 1. The summed E-state index contributed by atoms with van der Waals surface area (Å²) in [6.45, 7) is 4.78. The molecule has 3 aromatic carbocycles. The van der Waals surface area contributed by atoms with Crippen molar-refractivity contribution in [2.45, 2.75) is 38.8 Å². The molecule has 0 aromatic heterocycles. The first-order chi connectivity index (χ1) is 16.2. The average Bonchev–Trinajstić information content (AvgIpc) is 2.98. The summed E-state index contributed by atoms with van der Waals surface area (Å²) in [6.07, 6.45) is 2.59. The molecule has 0 aliphatic carbocycles. The van der Waals surface area contributed by atoms with Gasteiger partial charge in [0, 0.05) is 18.5 Å². The molecule has 2 amide bonds. The van der Waals surface area contributed by atoms with Crippen molar-refractivity contribution in [3.05, 3.63) is 95.6 Å². The van der Waals surface area contributed by atoms with Crippen molar-refractivity contribution in [1.29, 1.82) is 0 Å². The topological polar surface area (TPSA) is 84.7 Å². The van der Waals surface area contributed by atoms with E-state index in [4.69, 9.17) is 10.5 Å². The van der Waals surface area contributed by atoms with E-state index in [1.807, 2.05) is 42.5 Å². The van der Waals surface area contributed by atoms with Crippen LogP contribution in [-0.4, -0.2) is 19.0 Å². The number of nitrogens with zero attached hydrogens (tertiary/aromatic N) is 1. The second-order valence-corrected chi connectivity index (χ2v) is 7.80. The smallest absolute Gasteiger partial charge is 0.323 e. The molecule has 0 spiro atoms. The lowest BCUT2D eigenvalue weighted by Crippen LogP contribution is -2.32. The Bertz CT molecular complexity index is 1040. The van der Waals surface area contributed by atoms with Crippen molar-refractivity contribution < 1.29 is 14.3 Å². The largest absolute Gasteiger partial charge is 0.459 e. The fourth-order valence-electron chi connectivity index (χ4n) is 3.86. The minimum Gasteiger partial charge on any atom is -0.459 e. The van der Waals surface area contributed by atoms with E-state index >= 15 is 0 Å². The predicted octanol–water partition coefficient (Wildman–Crippen LogP) is 5.25. The van der Waals surface area contributed by atoms with Gasteiger partial charge in [-0.2, -0.15) is 0 Å². The second-order valence-electron chi connectivity index (χ2n) is 7.80. The van der Waals surface area contributed by atoms with Crippen molar-refractivity contribution >= 4 is 23.9 Å². The summed E-state index contributed by atoms with van der Waals surface area (Å²) >= 11 is 0. The van der Waals surface area contributed by atoms with Crippen molar-refractivity contribution in [1.82, 2.24) is 5.32 Å². The van der Waals surface area contributed by atoms with Gasteiger partial charge in [-0.15, -0.1) is 0 Å². The zero-order valence-corrected chi connectivity index (χ0v) is 18.9. The fourth-order valence-corrected chi connectivity index (χ4v) is 3.86. The number of amides is 2.